The van der Waals surface area contributed by atoms with Gasteiger partial charge < -0.3 is 24.7 Å². The van der Waals surface area contributed by atoms with Crippen molar-refractivity contribution >= 4 is 22.5 Å². The van der Waals surface area contributed by atoms with Crippen LogP contribution in [0, 0.1) is 11.6 Å². The topological polar surface area (TPSA) is 90.2 Å². The Morgan fingerprint density at radius 2 is 1.79 bits per heavy atom. The van der Waals surface area contributed by atoms with Crippen molar-refractivity contribution in [3.63, 3.8) is 0 Å². The van der Waals surface area contributed by atoms with E-state index in [0.717, 1.165) is 37.2 Å². The van der Waals surface area contributed by atoms with Gasteiger partial charge >= 0.3 is 0 Å². The van der Waals surface area contributed by atoms with Crippen LogP contribution in [0.4, 0.5) is 8.78 Å². The molecule has 1 aliphatic rings. The van der Waals surface area contributed by atoms with Crippen molar-refractivity contribution in [2.45, 2.75) is 13.0 Å². The largest absolute Gasteiger partial charge is 0.412 e. The van der Waals surface area contributed by atoms with Crippen molar-refractivity contribution < 1.29 is 19.1 Å². The molecule has 1 amide bonds. The lowest BCUT2D eigenvalue weighted by atomic mass is 10.1. The second-order valence-electron chi connectivity index (χ2n) is 8.00. The molecule has 0 bridgehead atoms. The summed E-state index contributed by atoms with van der Waals surface area (Å²) in [5.74, 6) is -1.99. The van der Waals surface area contributed by atoms with Crippen molar-refractivity contribution in [1.29, 1.82) is 0 Å². The standard InChI is InChI=1S/C24H22F2N4O2.H2O/c25-18-6-4-16(13-19(18)26)15-30-22-14-17(23(31)28-10-2-8-27-9-12-28)5-7-20(22)29-11-1-3-21(29)24(30)32;/h1,3-7,11,13-14,27H,2,8-10,12,15H2;1H2. The fraction of sp³-hybridized carbons (Fsp3) is 0.250. The van der Waals surface area contributed by atoms with Crippen molar-refractivity contribution in [3.05, 3.63) is 87.8 Å². The molecule has 9 heteroatoms. The first-order valence-electron chi connectivity index (χ1n) is 10.6. The van der Waals surface area contributed by atoms with Crippen molar-refractivity contribution in [2.24, 2.45) is 0 Å². The normalized spacial score (nSPS) is 14.3. The van der Waals surface area contributed by atoms with Gasteiger partial charge in [0.25, 0.3) is 11.5 Å². The lowest BCUT2D eigenvalue weighted by Crippen LogP contribution is -2.34. The van der Waals surface area contributed by atoms with Gasteiger partial charge in [-0.25, -0.2) is 8.78 Å². The highest BCUT2D eigenvalue weighted by atomic mass is 19.2. The second kappa shape index (κ2) is 9.13. The first kappa shape index (κ1) is 22.6. The van der Waals surface area contributed by atoms with Gasteiger partial charge in [-0.05, 0) is 61.0 Å². The zero-order valence-corrected chi connectivity index (χ0v) is 17.9. The molecule has 2 aromatic heterocycles. The van der Waals surface area contributed by atoms with E-state index in [2.05, 4.69) is 5.32 Å². The molecule has 7 nitrogen and oxygen atoms in total. The molecule has 1 fully saturated rings. The van der Waals surface area contributed by atoms with E-state index >= 15 is 0 Å². The summed E-state index contributed by atoms with van der Waals surface area (Å²) >= 11 is 0. The third-order valence-corrected chi connectivity index (χ3v) is 5.94. The van der Waals surface area contributed by atoms with Gasteiger partial charge in [0.15, 0.2) is 11.6 Å². The summed E-state index contributed by atoms with van der Waals surface area (Å²) in [7, 11) is 0. The van der Waals surface area contributed by atoms with E-state index in [1.54, 1.807) is 34.9 Å². The van der Waals surface area contributed by atoms with Gasteiger partial charge in [-0.3, -0.25) is 9.59 Å². The van der Waals surface area contributed by atoms with Gasteiger partial charge in [0.1, 0.15) is 5.52 Å². The minimum atomic E-state index is -0.964. The number of rotatable bonds is 3. The summed E-state index contributed by atoms with van der Waals surface area (Å²) in [5, 5.41) is 3.28. The van der Waals surface area contributed by atoms with E-state index in [-0.39, 0.29) is 23.5 Å². The number of nitrogens with zero attached hydrogens (tertiary/aromatic N) is 3. The molecule has 1 saturated heterocycles. The first-order chi connectivity index (χ1) is 15.5. The molecule has 4 aromatic rings. The van der Waals surface area contributed by atoms with E-state index < -0.39 is 11.6 Å². The van der Waals surface area contributed by atoms with E-state index in [0.29, 0.717) is 35.2 Å². The van der Waals surface area contributed by atoms with Gasteiger partial charge in [-0.2, -0.15) is 0 Å². The Balaban J connectivity index is 0.00000259. The predicted molar refractivity (Wildman–Crippen MR) is 122 cm³/mol. The fourth-order valence-electron chi connectivity index (χ4n) is 4.30. The number of carbonyl (C=O) groups is 1. The smallest absolute Gasteiger partial charge is 0.275 e. The number of carbonyl (C=O) groups excluding carboxylic acids is 1. The van der Waals surface area contributed by atoms with E-state index in [1.165, 1.54) is 10.6 Å². The Kier molecular flexibility index (Phi) is 6.26. The Morgan fingerprint density at radius 1 is 0.939 bits per heavy atom. The molecule has 0 radical (unpaired) electrons. The molecule has 5 rings (SSSR count). The number of halogens is 2. The van der Waals surface area contributed by atoms with E-state index in [1.807, 2.05) is 11.0 Å². The number of hydrogen-bond donors (Lipinski definition) is 1. The van der Waals surface area contributed by atoms with Crippen LogP contribution in [0.3, 0.4) is 0 Å². The van der Waals surface area contributed by atoms with Crippen molar-refractivity contribution in [3.8, 4) is 0 Å². The summed E-state index contributed by atoms with van der Waals surface area (Å²) < 4.78 is 30.5. The third kappa shape index (κ3) is 4.12. The van der Waals surface area contributed by atoms with Crippen LogP contribution in [-0.4, -0.2) is 51.4 Å². The maximum Gasteiger partial charge on any atom is 0.275 e. The number of aromatic nitrogens is 2. The van der Waals surface area contributed by atoms with E-state index in [4.69, 9.17) is 0 Å². The second-order valence-corrected chi connectivity index (χ2v) is 8.00. The number of nitrogens with one attached hydrogen (secondary N) is 1. The molecule has 1 aliphatic heterocycles. The molecule has 0 unspecified atom stereocenters. The van der Waals surface area contributed by atoms with Crippen LogP contribution in [0.15, 0.2) is 59.5 Å². The summed E-state index contributed by atoms with van der Waals surface area (Å²) in [6.45, 7) is 2.96. The molecule has 0 spiro atoms. The average molecular weight is 454 g/mol. The average Bonchev–Trinajstić information content (AvgIpc) is 3.14. The number of hydrogen-bond acceptors (Lipinski definition) is 3. The third-order valence-electron chi connectivity index (χ3n) is 5.94. The minimum Gasteiger partial charge on any atom is -0.412 e. The highest BCUT2D eigenvalue weighted by Gasteiger charge is 2.19. The molecular formula is C24H24F2N4O3. The molecule has 0 atom stereocenters. The number of fused-ring (bicyclic) bond motifs is 3. The van der Waals surface area contributed by atoms with Gasteiger partial charge in [0.2, 0.25) is 0 Å². The highest BCUT2D eigenvalue weighted by molar-refractivity contribution is 5.97. The zero-order chi connectivity index (χ0) is 22.2. The van der Waals surface area contributed by atoms with Crippen LogP contribution < -0.4 is 10.9 Å². The molecule has 0 saturated carbocycles. The SMILES string of the molecule is O.O=C(c1ccc2c(c1)n(Cc1ccc(F)c(F)c1)c(=O)c1cccn12)N1CCCNCC1. The molecule has 2 aromatic carbocycles. The minimum absolute atomic E-state index is 0. The zero-order valence-electron chi connectivity index (χ0n) is 17.9. The Hall–Kier alpha value is -3.56. The Bertz CT molecular complexity index is 1390. The summed E-state index contributed by atoms with van der Waals surface area (Å²) in [6.07, 6.45) is 2.67. The maximum atomic E-state index is 13.8. The lowest BCUT2D eigenvalue weighted by molar-refractivity contribution is 0.0766. The molecule has 33 heavy (non-hydrogen) atoms. The van der Waals surface area contributed by atoms with Crippen molar-refractivity contribution in [1.82, 2.24) is 19.2 Å². The number of amides is 1. The van der Waals surface area contributed by atoms with Gasteiger partial charge in [-0.1, -0.05) is 6.07 Å². The predicted octanol–water partition coefficient (Wildman–Crippen LogP) is 2.19. The molecule has 3 heterocycles. The van der Waals surface area contributed by atoms with Crippen LogP contribution in [-0.2, 0) is 6.54 Å². The maximum absolute atomic E-state index is 13.8. The summed E-state index contributed by atoms with van der Waals surface area (Å²) in [6, 6.07) is 12.4. The van der Waals surface area contributed by atoms with Crippen LogP contribution in [0.25, 0.3) is 16.6 Å². The van der Waals surface area contributed by atoms with Crippen LogP contribution in [0.2, 0.25) is 0 Å². The summed E-state index contributed by atoms with van der Waals surface area (Å²) in [4.78, 5) is 28.2. The molecule has 172 valence electrons. The monoisotopic (exact) mass is 454 g/mol. The lowest BCUT2D eigenvalue weighted by Gasteiger charge is -2.21. The highest BCUT2D eigenvalue weighted by Crippen LogP contribution is 2.20. The van der Waals surface area contributed by atoms with Crippen molar-refractivity contribution in [2.75, 3.05) is 26.2 Å². The first-order valence-corrected chi connectivity index (χ1v) is 10.6. The fourth-order valence-corrected chi connectivity index (χ4v) is 4.30. The molecule has 3 N–H and O–H groups in total. The van der Waals surface area contributed by atoms with Crippen LogP contribution in [0.1, 0.15) is 22.3 Å². The Labute approximate surface area is 188 Å². The van der Waals surface area contributed by atoms with Gasteiger partial charge in [0.05, 0.1) is 17.6 Å². The van der Waals surface area contributed by atoms with Crippen LogP contribution in [0.5, 0.6) is 0 Å². The van der Waals surface area contributed by atoms with Gasteiger partial charge in [0, 0.05) is 31.4 Å². The quantitative estimate of drug-likeness (QED) is 0.515. The number of benzene rings is 2. The van der Waals surface area contributed by atoms with E-state index in [9.17, 15) is 18.4 Å². The molecule has 0 aliphatic carbocycles. The molecular weight excluding hydrogens is 430 g/mol. The van der Waals surface area contributed by atoms with Crippen LogP contribution >= 0.6 is 0 Å². The Morgan fingerprint density at radius 3 is 2.61 bits per heavy atom. The van der Waals surface area contributed by atoms with Gasteiger partial charge in [-0.15, -0.1) is 0 Å². The summed E-state index contributed by atoms with van der Waals surface area (Å²) in [5.41, 5.74) is 2.46.